The largest absolute Gasteiger partial charge is 0.497 e. The number of methoxy groups -OCH3 is 2. The van der Waals surface area contributed by atoms with E-state index < -0.39 is 0 Å². The number of hydrogen-bond donors (Lipinski definition) is 3. The van der Waals surface area contributed by atoms with Crippen molar-refractivity contribution < 1.29 is 14.3 Å². The van der Waals surface area contributed by atoms with Crippen LogP contribution < -0.4 is 25.6 Å². The molecular weight excluding hydrogens is 314 g/mol. The third-order valence-corrected chi connectivity index (χ3v) is 3.41. The van der Waals surface area contributed by atoms with Crippen LogP contribution in [0.15, 0.2) is 18.2 Å². The third kappa shape index (κ3) is 7.19. The Kier molecular flexibility index (Phi) is 8.18. The first-order valence-corrected chi connectivity index (χ1v) is 7.90. The van der Waals surface area contributed by atoms with Crippen LogP contribution in [0.2, 0.25) is 0 Å². The van der Waals surface area contributed by atoms with Crippen LogP contribution in [0.3, 0.4) is 0 Å². The molecule has 0 radical (unpaired) electrons. The van der Waals surface area contributed by atoms with E-state index in [-0.39, 0.29) is 12.3 Å². The van der Waals surface area contributed by atoms with Crippen LogP contribution in [0.5, 0.6) is 11.5 Å². The minimum Gasteiger partial charge on any atom is -0.497 e. The van der Waals surface area contributed by atoms with E-state index in [0.29, 0.717) is 22.5 Å². The number of hydrogen-bond acceptors (Lipinski definition) is 4. The van der Waals surface area contributed by atoms with E-state index in [1.165, 1.54) is 0 Å². The molecule has 3 N–H and O–H groups in total. The molecular formula is C16H25N3O3S. The highest BCUT2D eigenvalue weighted by molar-refractivity contribution is 7.80. The smallest absolute Gasteiger partial charge is 0.242 e. The first-order chi connectivity index (χ1) is 11.0. The van der Waals surface area contributed by atoms with Crippen molar-refractivity contribution in [3.05, 3.63) is 23.8 Å². The van der Waals surface area contributed by atoms with Gasteiger partial charge in [-0.05, 0) is 30.6 Å². The molecule has 0 bridgehead atoms. The first kappa shape index (κ1) is 19.0. The average Bonchev–Trinajstić information content (AvgIpc) is 2.53. The van der Waals surface area contributed by atoms with Gasteiger partial charge in [0.05, 0.1) is 20.6 Å². The lowest BCUT2D eigenvalue weighted by Gasteiger charge is -2.13. The number of nitrogens with one attached hydrogen (secondary N) is 3. The SMILES string of the molecule is COc1ccc(CC(=O)NNC(=S)NCCC(C)C)c(OC)c1. The van der Waals surface area contributed by atoms with Gasteiger partial charge in [0, 0.05) is 18.2 Å². The van der Waals surface area contributed by atoms with E-state index in [4.69, 9.17) is 21.7 Å². The van der Waals surface area contributed by atoms with E-state index >= 15 is 0 Å². The molecule has 0 aromatic heterocycles. The van der Waals surface area contributed by atoms with Crippen LogP contribution in [-0.4, -0.2) is 31.8 Å². The topological polar surface area (TPSA) is 71.6 Å². The highest BCUT2D eigenvalue weighted by Crippen LogP contribution is 2.24. The molecule has 0 spiro atoms. The van der Waals surface area contributed by atoms with Crippen LogP contribution in [-0.2, 0) is 11.2 Å². The van der Waals surface area contributed by atoms with Crippen molar-refractivity contribution in [2.45, 2.75) is 26.7 Å². The molecule has 7 heteroatoms. The van der Waals surface area contributed by atoms with Gasteiger partial charge in [-0.1, -0.05) is 19.9 Å². The number of ether oxygens (including phenoxy) is 2. The number of benzene rings is 1. The number of carbonyl (C=O) groups is 1. The summed E-state index contributed by atoms with van der Waals surface area (Å²) >= 11 is 5.09. The maximum Gasteiger partial charge on any atom is 0.242 e. The van der Waals surface area contributed by atoms with Gasteiger partial charge in [-0.15, -0.1) is 0 Å². The maximum absolute atomic E-state index is 12.0. The monoisotopic (exact) mass is 339 g/mol. The molecule has 0 atom stereocenters. The summed E-state index contributed by atoms with van der Waals surface area (Å²) in [7, 11) is 3.14. The molecule has 0 aliphatic rings. The molecule has 1 aromatic carbocycles. The lowest BCUT2D eigenvalue weighted by atomic mass is 10.1. The fourth-order valence-electron chi connectivity index (χ4n) is 1.86. The van der Waals surface area contributed by atoms with Crippen molar-refractivity contribution in [2.75, 3.05) is 20.8 Å². The second-order valence-corrected chi connectivity index (χ2v) is 5.87. The summed E-state index contributed by atoms with van der Waals surface area (Å²) in [5.74, 6) is 1.68. The fourth-order valence-corrected chi connectivity index (χ4v) is 2.01. The molecule has 0 heterocycles. The minimum absolute atomic E-state index is 0.175. The van der Waals surface area contributed by atoms with Crippen molar-refractivity contribution in [3.63, 3.8) is 0 Å². The van der Waals surface area contributed by atoms with Gasteiger partial charge >= 0.3 is 0 Å². The molecule has 23 heavy (non-hydrogen) atoms. The zero-order valence-electron chi connectivity index (χ0n) is 14.1. The molecule has 6 nitrogen and oxygen atoms in total. The number of carbonyl (C=O) groups excluding carboxylic acids is 1. The lowest BCUT2D eigenvalue weighted by Crippen LogP contribution is -2.47. The summed E-state index contributed by atoms with van der Waals surface area (Å²) in [5.41, 5.74) is 6.03. The standard InChI is InChI=1S/C16H25N3O3S/c1-11(2)7-8-17-16(23)19-18-15(20)9-12-5-6-13(21-3)10-14(12)22-4/h5-6,10-11H,7-9H2,1-4H3,(H,18,20)(H2,17,19,23). The molecule has 0 fully saturated rings. The third-order valence-electron chi connectivity index (χ3n) is 3.17. The summed E-state index contributed by atoms with van der Waals surface area (Å²) in [4.78, 5) is 12.0. The molecule has 1 amide bonds. The van der Waals surface area contributed by atoms with Gasteiger partial charge in [0.2, 0.25) is 5.91 Å². The van der Waals surface area contributed by atoms with E-state index in [1.54, 1.807) is 32.4 Å². The molecule has 1 aromatic rings. The number of amides is 1. The summed E-state index contributed by atoms with van der Waals surface area (Å²) in [6.45, 7) is 5.05. The van der Waals surface area contributed by atoms with E-state index in [1.807, 2.05) is 0 Å². The van der Waals surface area contributed by atoms with Crippen LogP contribution in [0.25, 0.3) is 0 Å². The Hall–Kier alpha value is -2.02. The van der Waals surface area contributed by atoms with Crippen molar-refractivity contribution in [1.29, 1.82) is 0 Å². The highest BCUT2D eigenvalue weighted by atomic mass is 32.1. The number of hydrazine groups is 1. The Labute approximate surface area is 142 Å². The zero-order valence-corrected chi connectivity index (χ0v) is 14.9. The molecule has 0 unspecified atom stereocenters. The predicted octanol–water partition coefficient (Wildman–Crippen LogP) is 1.79. The predicted molar refractivity (Wildman–Crippen MR) is 94.6 cm³/mol. The molecule has 0 saturated carbocycles. The quantitative estimate of drug-likeness (QED) is 0.520. The summed E-state index contributed by atoms with van der Waals surface area (Å²) in [6.07, 6.45) is 1.19. The second kappa shape index (κ2) is 9.89. The van der Waals surface area contributed by atoms with Gasteiger partial charge < -0.3 is 14.8 Å². The van der Waals surface area contributed by atoms with Gasteiger partial charge in [-0.2, -0.15) is 0 Å². The Balaban J connectivity index is 2.43. The molecule has 0 saturated heterocycles. The highest BCUT2D eigenvalue weighted by Gasteiger charge is 2.10. The maximum atomic E-state index is 12.0. The van der Waals surface area contributed by atoms with Gasteiger partial charge in [0.15, 0.2) is 5.11 Å². The van der Waals surface area contributed by atoms with Gasteiger partial charge in [-0.3, -0.25) is 15.6 Å². The Bertz CT molecular complexity index is 535. The average molecular weight is 339 g/mol. The van der Waals surface area contributed by atoms with Crippen molar-refractivity contribution in [1.82, 2.24) is 16.2 Å². The Morgan fingerprint density at radius 1 is 1.22 bits per heavy atom. The Morgan fingerprint density at radius 3 is 2.57 bits per heavy atom. The molecule has 128 valence electrons. The lowest BCUT2D eigenvalue weighted by molar-refractivity contribution is -0.121. The van der Waals surface area contributed by atoms with Crippen LogP contribution in [0, 0.1) is 5.92 Å². The number of thiocarbonyl (C=S) groups is 1. The fraction of sp³-hybridized carbons (Fsp3) is 0.500. The van der Waals surface area contributed by atoms with Crippen LogP contribution in [0.1, 0.15) is 25.8 Å². The minimum atomic E-state index is -0.207. The molecule has 0 aliphatic carbocycles. The van der Waals surface area contributed by atoms with E-state index in [9.17, 15) is 4.79 Å². The van der Waals surface area contributed by atoms with E-state index in [0.717, 1.165) is 18.5 Å². The van der Waals surface area contributed by atoms with Crippen LogP contribution >= 0.6 is 12.2 Å². The van der Waals surface area contributed by atoms with Gasteiger partial charge in [0.1, 0.15) is 11.5 Å². The number of rotatable bonds is 7. The van der Waals surface area contributed by atoms with E-state index in [2.05, 4.69) is 30.0 Å². The van der Waals surface area contributed by atoms with Crippen molar-refractivity contribution in [3.8, 4) is 11.5 Å². The zero-order chi connectivity index (χ0) is 17.2. The summed E-state index contributed by atoms with van der Waals surface area (Å²) in [5, 5.41) is 3.44. The van der Waals surface area contributed by atoms with Crippen molar-refractivity contribution >= 4 is 23.2 Å². The molecule has 0 aliphatic heterocycles. The van der Waals surface area contributed by atoms with Gasteiger partial charge in [0.25, 0.3) is 0 Å². The Morgan fingerprint density at radius 2 is 1.96 bits per heavy atom. The normalized spacial score (nSPS) is 10.1. The summed E-state index contributed by atoms with van der Waals surface area (Å²) < 4.78 is 10.4. The van der Waals surface area contributed by atoms with Crippen molar-refractivity contribution in [2.24, 2.45) is 5.92 Å². The first-order valence-electron chi connectivity index (χ1n) is 7.49. The summed E-state index contributed by atoms with van der Waals surface area (Å²) in [6, 6.07) is 5.33. The van der Waals surface area contributed by atoms with Gasteiger partial charge in [-0.25, -0.2) is 0 Å². The molecule has 1 rings (SSSR count). The van der Waals surface area contributed by atoms with Crippen LogP contribution in [0.4, 0.5) is 0 Å². The second-order valence-electron chi connectivity index (χ2n) is 5.47.